The molecule has 1 atom stereocenters. The van der Waals surface area contributed by atoms with Gasteiger partial charge in [-0.2, -0.15) is 0 Å². The molecule has 0 radical (unpaired) electrons. The highest BCUT2D eigenvalue weighted by Crippen LogP contribution is 2.32. The third-order valence-electron chi connectivity index (χ3n) is 9.87. The van der Waals surface area contributed by atoms with Crippen LogP contribution < -0.4 is 4.90 Å². The van der Waals surface area contributed by atoms with Crippen LogP contribution in [-0.4, -0.2) is 99.2 Å². The Morgan fingerprint density at radius 3 is 2.46 bits per heavy atom. The zero-order valence-electron chi connectivity index (χ0n) is 28.7. The molecule has 11 heteroatoms. The number of aldehydes is 1. The minimum atomic E-state index is -0.514. The average Bonchev–Trinajstić information content (AvgIpc) is 3.40. The van der Waals surface area contributed by atoms with Crippen LogP contribution in [0.3, 0.4) is 0 Å². The first-order valence-corrected chi connectivity index (χ1v) is 17.5. The zero-order valence-corrected chi connectivity index (χ0v) is 28.7. The molecule has 11 nitrogen and oxygen atoms in total. The van der Waals surface area contributed by atoms with E-state index in [0.29, 0.717) is 50.7 Å². The summed E-state index contributed by atoms with van der Waals surface area (Å²) in [6.45, 7) is 4.81. The van der Waals surface area contributed by atoms with Gasteiger partial charge in [0.15, 0.2) is 6.29 Å². The maximum atomic E-state index is 11.8. The minimum absolute atomic E-state index is 0.145. The minimum Gasteiger partial charge on any atom is -0.474 e. The van der Waals surface area contributed by atoms with E-state index in [9.17, 15) is 9.59 Å². The van der Waals surface area contributed by atoms with Crippen LogP contribution in [0.1, 0.15) is 57.9 Å². The lowest BCUT2D eigenvalue weighted by Crippen LogP contribution is -2.52. The van der Waals surface area contributed by atoms with E-state index in [1.807, 2.05) is 24.5 Å². The summed E-state index contributed by atoms with van der Waals surface area (Å²) in [7, 11) is 3.41. The highest BCUT2D eigenvalue weighted by atomic mass is 16.5. The van der Waals surface area contributed by atoms with Gasteiger partial charge in [-0.25, -0.2) is 4.79 Å². The van der Waals surface area contributed by atoms with Crippen LogP contribution >= 0.6 is 0 Å². The Hall–Kier alpha value is -4.58. The molecule has 0 N–H and O–H groups in total. The topological polar surface area (TPSA) is 114 Å². The van der Waals surface area contributed by atoms with Crippen molar-refractivity contribution >= 4 is 45.6 Å². The number of benzene rings is 2. The summed E-state index contributed by atoms with van der Waals surface area (Å²) in [5, 5.41) is 2.40. The van der Waals surface area contributed by atoms with E-state index in [0.717, 1.165) is 44.5 Å². The number of esters is 1. The predicted octanol–water partition coefficient (Wildman–Crippen LogP) is 5.64. The highest BCUT2D eigenvalue weighted by molar-refractivity contribution is 6.07. The maximum Gasteiger partial charge on any atom is 0.338 e. The molecule has 7 rings (SSSR count). The number of carbonyl (C=O) groups excluding carboxylic acids is 2. The van der Waals surface area contributed by atoms with Gasteiger partial charge in [0, 0.05) is 105 Å². The zero-order chi connectivity index (χ0) is 34.5. The summed E-state index contributed by atoms with van der Waals surface area (Å²) in [5.74, 6) is 0.433. The number of hydrogen-bond donors (Lipinski definition) is 0. The van der Waals surface area contributed by atoms with Crippen molar-refractivity contribution in [1.29, 1.82) is 0 Å². The number of anilines is 1. The van der Waals surface area contributed by atoms with Crippen molar-refractivity contribution in [2.75, 3.05) is 58.1 Å². The van der Waals surface area contributed by atoms with Crippen LogP contribution in [0.2, 0.25) is 0 Å². The van der Waals surface area contributed by atoms with Gasteiger partial charge >= 0.3 is 5.97 Å². The largest absolute Gasteiger partial charge is 0.474 e. The molecule has 2 aromatic carbocycles. The molecule has 1 aliphatic carbocycles. The number of pyridine rings is 1. The summed E-state index contributed by atoms with van der Waals surface area (Å²) in [6, 6.07) is 13.9. The van der Waals surface area contributed by atoms with Gasteiger partial charge in [-0.05, 0) is 54.8 Å². The lowest BCUT2D eigenvalue weighted by Gasteiger charge is -2.40. The number of nitrogens with zero attached hydrogens (tertiary/aromatic N) is 4. The van der Waals surface area contributed by atoms with Gasteiger partial charge < -0.3 is 33.2 Å². The molecule has 50 heavy (non-hydrogen) atoms. The smallest absolute Gasteiger partial charge is 0.338 e. The highest BCUT2D eigenvalue weighted by Gasteiger charge is 2.32. The van der Waals surface area contributed by atoms with E-state index in [1.54, 1.807) is 12.1 Å². The van der Waals surface area contributed by atoms with Crippen molar-refractivity contribution in [3.8, 4) is 0 Å². The molecule has 1 saturated heterocycles. The first-order valence-electron chi connectivity index (χ1n) is 17.5. The van der Waals surface area contributed by atoms with Gasteiger partial charge in [0.1, 0.15) is 6.10 Å². The molecule has 0 amide bonds. The molecule has 1 saturated carbocycles. The second kappa shape index (κ2) is 15.5. The van der Waals surface area contributed by atoms with E-state index in [4.69, 9.17) is 28.7 Å². The van der Waals surface area contributed by atoms with Crippen molar-refractivity contribution in [2.45, 2.75) is 49.9 Å². The summed E-state index contributed by atoms with van der Waals surface area (Å²) in [4.78, 5) is 34.4. The molecule has 1 unspecified atom stereocenters. The SMILES string of the molecule is COC(=O)c1ccc(N2CC(OCCCOCCCOC3CC(OC4=NCC(c5ccc6c7cnccc7n(C)c6c5)C=C4)C3)C2)cc1C=O. The van der Waals surface area contributed by atoms with Crippen LogP contribution in [-0.2, 0) is 30.7 Å². The Balaban J connectivity index is 0.712. The van der Waals surface area contributed by atoms with Crippen LogP contribution in [0.5, 0.6) is 0 Å². The van der Waals surface area contributed by atoms with Crippen molar-refractivity contribution in [2.24, 2.45) is 12.0 Å². The van der Waals surface area contributed by atoms with E-state index in [1.165, 1.54) is 34.5 Å². The van der Waals surface area contributed by atoms with Crippen molar-refractivity contribution in [3.05, 3.63) is 83.7 Å². The Morgan fingerprint density at radius 2 is 1.72 bits per heavy atom. The number of dihydropyridines is 1. The Bertz CT molecular complexity index is 1890. The second-order valence-electron chi connectivity index (χ2n) is 13.2. The molecule has 0 spiro atoms. The summed E-state index contributed by atoms with van der Waals surface area (Å²) in [6.07, 6.45) is 12.7. The number of rotatable bonds is 15. The number of carbonyl (C=O) groups is 2. The predicted molar refractivity (Wildman–Crippen MR) is 191 cm³/mol. The van der Waals surface area contributed by atoms with E-state index < -0.39 is 5.97 Å². The van der Waals surface area contributed by atoms with Gasteiger partial charge in [-0.15, -0.1) is 0 Å². The monoisotopic (exact) mass is 680 g/mol. The Morgan fingerprint density at radius 1 is 0.920 bits per heavy atom. The number of hydrogen-bond acceptors (Lipinski definition) is 10. The fourth-order valence-corrected chi connectivity index (χ4v) is 6.83. The van der Waals surface area contributed by atoms with Crippen LogP contribution in [0.25, 0.3) is 21.8 Å². The lowest BCUT2D eigenvalue weighted by atomic mass is 9.92. The summed E-state index contributed by atoms with van der Waals surface area (Å²) in [5.41, 5.74) is 5.15. The normalized spacial score (nSPS) is 20.4. The Labute approximate surface area is 291 Å². The first-order chi connectivity index (χ1) is 24.5. The number of aliphatic imine (C=N–C) groups is 1. The van der Waals surface area contributed by atoms with Crippen LogP contribution in [0.15, 0.2) is 72.0 Å². The van der Waals surface area contributed by atoms with Gasteiger partial charge in [-0.3, -0.25) is 14.8 Å². The Kier molecular flexibility index (Phi) is 10.5. The van der Waals surface area contributed by atoms with E-state index in [2.05, 4.69) is 51.8 Å². The molecular weight excluding hydrogens is 636 g/mol. The van der Waals surface area contributed by atoms with E-state index >= 15 is 0 Å². The number of aromatic nitrogens is 2. The molecule has 2 fully saturated rings. The standard InChI is InChI=1S/C39H44N4O7/c1-42-36-11-12-40-22-35(36)34-8-5-26(18-37(34)42)27-6-10-38(41-21-27)50-31-19-30(20-31)48-15-3-13-47-14-4-16-49-32-23-43(24-32)29-7-9-33(39(45)46-2)28(17-29)25-44/h5-12,17-18,22,25,27,30-32H,3-4,13-16,19-21,23-24H2,1-2H3. The number of methoxy groups -OCH3 is 1. The molecule has 4 heterocycles. The van der Waals surface area contributed by atoms with Crippen molar-refractivity contribution in [1.82, 2.24) is 9.55 Å². The summed E-state index contributed by atoms with van der Waals surface area (Å²) < 4.78 is 30.8. The number of aryl methyl sites for hydroxylation is 1. The fraction of sp³-hybridized carbons (Fsp3) is 0.436. The second-order valence-corrected chi connectivity index (χ2v) is 13.2. The molecule has 4 aromatic rings. The molecule has 2 aliphatic heterocycles. The van der Waals surface area contributed by atoms with Gasteiger partial charge in [0.25, 0.3) is 0 Å². The quantitative estimate of drug-likeness (QED) is 0.0894. The van der Waals surface area contributed by atoms with Gasteiger partial charge in [-0.1, -0.05) is 18.2 Å². The van der Waals surface area contributed by atoms with Gasteiger partial charge in [0.05, 0.1) is 36.9 Å². The molecule has 2 aromatic heterocycles. The number of fused-ring (bicyclic) bond motifs is 3. The summed E-state index contributed by atoms with van der Waals surface area (Å²) >= 11 is 0. The van der Waals surface area contributed by atoms with Gasteiger partial charge in [0.2, 0.25) is 5.90 Å². The average molecular weight is 681 g/mol. The number of ether oxygens (including phenoxy) is 5. The molecule has 3 aliphatic rings. The van der Waals surface area contributed by atoms with Crippen LogP contribution in [0.4, 0.5) is 5.69 Å². The molecule has 262 valence electrons. The maximum absolute atomic E-state index is 11.8. The first kappa shape index (κ1) is 33.9. The van der Waals surface area contributed by atoms with Crippen molar-refractivity contribution < 1.29 is 33.3 Å². The third kappa shape index (κ3) is 7.45. The lowest BCUT2D eigenvalue weighted by molar-refractivity contribution is -0.0691. The third-order valence-corrected chi connectivity index (χ3v) is 9.87. The van der Waals surface area contributed by atoms with Crippen molar-refractivity contribution in [3.63, 3.8) is 0 Å². The van der Waals surface area contributed by atoms with Crippen LogP contribution in [0, 0.1) is 0 Å². The molecule has 0 bridgehead atoms. The fourth-order valence-electron chi connectivity index (χ4n) is 6.83. The molecular formula is C39H44N4O7. The van der Waals surface area contributed by atoms with E-state index in [-0.39, 0.29) is 29.8 Å².